The van der Waals surface area contributed by atoms with E-state index in [1.54, 1.807) is 0 Å². The fraction of sp³-hybridized carbons (Fsp3) is 0. The smallest absolute Gasteiger partial charge is 0.0562 e. The fourth-order valence-electron chi connectivity index (χ4n) is 8.56. The molecule has 0 aliphatic rings. The highest BCUT2D eigenvalue weighted by Crippen LogP contribution is 2.41. The van der Waals surface area contributed by atoms with Crippen LogP contribution in [0.1, 0.15) is 0 Å². The highest BCUT2D eigenvalue weighted by atomic mass is 15.1. The molecule has 3 heteroatoms. The first kappa shape index (κ1) is 32.8. The van der Waals surface area contributed by atoms with E-state index in [-0.39, 0.29) is 0 Å². The summed E-state index contributed by atoms with van der Waals surface area (Å²) >= 11 is 0. The van der Waals surface area contributed by atoms with Crippen LogP contribution in [0.2, 0.25) is 0 Å². The van der Waals surface area contributed by atoms with Crippen molar-refractivity contribution in [3.05, 3.63) is 225 Å². The Bertz CT molecular complexity index is 3190. The minimum absolute atomic E-state index is 1.11. The van der Waals surface area contributed by atoms with E-state index in [2.05, 4.69) is 239 Å². The van der Waals surface area contributed by atoms with Gasteiger partial charge in [0.2, 0.25) is 0 Å². The van der Waals surface area contributed by atoms with Crippen LogP contribution in [-0.2, 0) is 0 Å². The van der Waals surface area contributed by atoms with Gasteiger partial charge in [-0.05, 0) is 107 Å². The van der Waals surface area contributed by atoms with Crippen molar-refractivity contribution in [2.24, 2.45) is 0 Å². The van der Waals surface area contributed by atoms with Crippen molar-refractivity contribution in [2.45, 2.75) is 0 Å². The molecule has 11 aromatic rings. The summed E-state index contributed by atoms with van der Waals surface area (Å²) < 4.78 is 4.69. The number of aromatic nitrogens is 2. The first-order valence-electron chi connectivity index (χ1n) is 19.5. The molecular weight excluding hydrogens is 691 g/mol. The van der Waals surface area contributed by atoms with E-state index in [1.807, 2.05) is 0 Å². The van der Waals surface area contributed by atoms with Gasteiger partial charge in [0.05, 0.1) is 22.2 Å². The van der Waals surface area contributed by atoms with Crippen molar-refractivity contribution >= 4 is 60.5 Å². The Morgan fingerprint density at radius 3 is 1.58 bits per heavy atom. The maximum absolute atomic E-state index is 2.38. The number of para-hydroxylation sites is 2. The number of fused-ring (bicyclic) bond motifs is 5. The second kappa shape index (κ2) is 13.6. The predicted molar refractivity (Wildman–Crippen MR) is 241 cm³/mol. The van der Waals surface area contributed by atoms with Crippen LogP contribution in [0.4, 0.5) is 17.1 Å². The number of nitrogens with zero attached hydrogens (tertiary/aromatic N) is 3. The van der Waals surface area contributed by atoms with E-state index in [9.17, 15) is 0 Å². The fourth-order valence-corrected chi connectivity index (χ4v) is 8.56. The van der Waals surface area contributed by atoms with Gasteiger partial charge in [-0.2, -0.15) is 0 Å². The Balaban J connectivity index is 0.945. The summed E-state index contributed by atoms with van der Waals surface area (Å²) in [4.78, 5) is 2.37. The lowest BCUT2D eigenvalue weighted by Gasteiger charge is -2.27. The van der Waals surface area contributed by atoms with Crippen molar-refractivity contribution in [1.29, 1.82) is 0 Å². The first-order chi connectivity index (χ1) is 28.3. The lowest BCUT2D eigenvalue weighted by atomic mass is 10.0. The van der Waals surface area contributed by atoms with Gasteiger partial charge >= 0.3 is 0 Å². The zero-order valence-corrected chi connectivity index (χ0v) is 31.2. The molecule has 268 valence electrons. The molecule has 0 bridgehead atoms. The predicted octanol–water partition coefficient (Wildman–Crippen LogP) is 14.7. The quantitative estimate of drug-likeness (QED) is 0.159. The average molecular weight is 728 g/mol. The van der Waals surface area contributed by atoms with Gasteiger partial charge in [0.15, 0.2) is 0 Å². The molecule has 0 N–H and O–H groups in total. The van der Waals surface area contributed by atoms with E-state index >= 15 is 0 Å². The van der Waals surface area contributed by atoms with E-state index in [1.165, 1.54) is 65.7 Å². The number of benzene rings is 9. The van der Waals surface area contributed by atoms with Gasteiger partial charge in [-0.3, -0.25) is 0 Å². The summed E-state index contributed by atoms with van der Waals surface area (Å²) in [6.45, 7) is 0. The summed E-state index contributed by atoms with van der Waals surface area (Å²) in [6, 6.07) is 78.8. The summed E-state index contributed by atoms with van der Waals surface area (Å²) in [5.41, 5.74) is 14.0. The molecule has 3 nitrogen and oxygen atoms in total. The molecule has 0 unspecified atom stereocenters. The van der Waals surface area contributed by atoms with Crippen LogP contribution >= 0.6 is 0 Å². The summed E-state index contributed by atoms with van der Waals surface area (Å²) in [5, 5.41) is 6.19. The van der Waals surface area contributed by atoms with E-state index in [4.69, 9.17) is 0 Å². The number of rotatable bonds is 7. The van der Waals surface area contributed by atoms with E-state index in [0.29, 0.717) is 0 Å². The summed E-state index contributed by atoms with van der Waals surface area (Å²) in [7, 11) is 0. The second-order valence-corrected chi connectivity index (χ2v) is 14.6. The molecule has 0 spiro atoms. The van der Waals surface area contributed by atoms with Crippen LogP contribution in [0.15, 0.2) is 225 Å². The van der Waals surface area contributed by atoms with Gasteiger partial charge in [0.25, 0.3) is 0 Å². The Morgan fingerprint density at radius 1 is 0.316 bits per heavy atom. The Labute approximate surface area is 331 Å². The summed E-state index contributed by atoms with van der Waals surface area (Å²) in [5.74, 6) is 0. The number of anilines is 3. The van der Waals surface area contributed by atoms with Gasteiger partial charge in [-0.1, -0.05) is 140 Å². The molecule has 57 heavy (non-hydrogen) atoms. The SMILES string of the molecule is c1ccc(-c2ccc(N(c3ccc(-c4ccc(-n5ccc6cc7c8ccccc8n(-c8ccccc8)c7cc65)cc4)cc3)c3cccc4ccccc34)cc2)cc1. The van der Waals surface area contributed by atoms with Crippen molar-refractivity contribution in [3.8, 4) is 33.6 Å². The maximum Gasteiger partial charge on any atom is 0.0562 e. The number of hydrogen-bond donors (Lipinski definition) is 0. The lowest BCUT2D eigenvalue weighted by Crippen LogP contribution is -2.10. The third-order valence-electron chi connectivity index (χ3n) is 11.3. The Morgan fingerprint density at radius 2 is 0.877 bits per heavy atom. The minimum atomic E-state index is 1.11. The molecule has 0 aliphatic heterocycles. The van der Waals surface area contributed by atoms with Crippen LogP contribution in [0.25, 0.3) is 77.1 Å². The molecule has 0 aliphatic carbocycles. The molecule has 0 amide bonds. The molecule has 0 saturated heterocycles. The van der Waals surface area contributed by atoms with Crippen LogP contribution in [0, 0.1) is 0 Å². The largest absolute Gasteiger partial charge is 0.316 e. The molecule has 0 atom stereocenters. The highest BCUT2D eigenvalue weighted by molar-refractivity contribution is 6.13. The second-order valence-electron chi connectivity index (χ2n) is 14.6. The molecule has 0 fully saturated rings. The highest BCUT2D eigenvalue weighted by Gasteiger charge is 2.17. The van der Waals surface area contributed by atoms with E-state index < -0.39 is 0 Å². The zero-order valence-electron chi connectivity index (χ0n) is 31.2. The van der Waals surface area contributed by atoms with Gasteiger partial charge in [-0.25, -0.2) is 0 Å². The van der Waals surface area contributed by atoms with Gasteiger partial charge in [0.1, 0.15) is 0 Å². The zero-order chi connectivity index (χ0) is 37.7. The van der Waals surface area contributed by atoms with Crippen LogP contribution in [0.3, 0.4) is 0 Å². The van der Waals surface area contributed by atoms with E-state index in [0.717, 1.165) is 28.4 Å². The Hall–Kier alpha value is -7.62. The van der Waals surface area contributed by atoms with Gasteiger partial charge in [0, 0.05) is 50.5 Å². The van der Waals surface area contributed by atoms with Crippen LogP contribution < -0.4 is 4.90 Å². The molecule has 2 aromatic heterocycles. The standard InChI is InChI=1S/C54H37N3/c1-3-12-38(13-4-1)39-24-30-46(31-25-39)56(51-21-11-15-42-14-7-8-18-48(42)51)47-32-26-41(27-33-47)40-22-28-44(29-23-40)55-35-34-43-36-50-49-19-9-10-20-52(49)57(54(50)37-53(43)55)45-16-5-2-6-17-45/h1-37H. The molecule has 2 heterocycles. The molecule has 0 saturated carbocycles. The Kier molecular flexibility index (Phi) is 7.82. The van der Waals surface area contributed by atoms with Crippen molar-refractivity contribution in [3.63, 3.8) is 0 Å². The topological polar surface area (TPSA) is 13.1 Å². The number of hydrogen-bond acceptors (Lipinski definition) is 1. The molecular formula is C54H37N3. The maximum atomic E-state index is 2.38. The van der Waals surface area contributed by atoms with Gasteiger partial charge < -0.3 is 14.0 Å². The normalized spacial score (nSPS) is 11.5. The lowest BCUT2D eigenvalue weighted by molar-refractivity contribution is 1.13. The van der Waals surface area contributed by atoms with Crippen molar-refractivity contribution in [2.75, 3.05) is 4.90 Å². The van der Waals surface area contributed by atoms with Crippen LogP contribution in [-0.4, -0.2) is 9.13 Å². The minimum Gasteiger partial charge on any atom is -0.316 e. The van der Waals surface area contributed by atoms with Crippen LogP contribution in [0.5, 0.6) is 0 Å². The average Bonchev–Trinajstić information content (AvgIpc) is 3.85. The third-order valence-corrected chi connectivity index (χ3v) is 11.3. The monoisotopic (exact) mass is 727 g/mol. The molecule has 9 aromatic carbocycles. The first-order valence-corrected chi connectivity index (χ1v) is 19.5. The molecule has 0 radical (unpaired) electrons. The summed E-state index contributed by atoms with van der Waals surface area (Å²) in [6.07, 6.45) is 2.19. The third kappa shape index (κ3) is 5.68. The molecule has 11 rings (SSSR count). The van der Waals surface area contributed by atoms with Crippen molar-refractivity contribution in [1.82, 2.24) is 9.13 Å². The van der Waals surface area contributed by atoms with Gasteiger partial charge in [-0.15, -0.1) is 0 Å². The van der Waals surface area contributed by atoms with Crippen molar-refractivity contribution < 1.29 is 0 Å².